The summed E-state index contributed by atoms with van der Waals surface area (Å²) in [6, 6.07) is 8.09. The summed E-state index contributed by atoms with van der Waals surface area (Å²) in [5, 5.41) is 3.43. The van der Waals surface area contributed by atoms with Crippen molar-refractivity contribution in [1.29, 1.82) is 0 Å². The molecule has 2 aromatic rings. The Morgan fingerprint density at radius 2 is 1.53 bits per heavy atom. The predicted molar refractivity (Wildman–Crippen MR) is 119 cm³/mol. The fourth-order valence-corrected chi connectivity index (χ4v) is 5.08. The molecule has 1 saturated heterocycles. The lowest BCUT2D eigenvalue weighted by Gasteiger charge is -2.44. The number of benzene rings is 2. The Morgan fingerprint density at radius 3 is 2.16 bits per heavy atom. The van der Waals surface area contributed by atoms with Gasteiger partial charge in [-0.25, -0.2) is 0 Å². The zero-order valence-corrected chi connectivity index (χ0v) is 19.0. The third-order valence-corrected chi connectivity index (χ3v) is 6.62. The first kappa shape index (κ1) is 21.0. The molecule has 8 nitrogen and oxygen atoms in total. The van der Waals surface area contributed by atoms with E-state index < -0.39 is 0 Å². The Bertz CT molecular complexity index is 966. The number of fused-ring (bicyclic) bond motifs is 2. The highest BCUT2D eigenvalue weighted by Crippen LogP contribution is 2.51. The van der Waals surface area contributed by atoms with Gasteiger partial charge in [0.05, 0.1) is 21.3 Å². The van der Waals surface area contributed by atoms with Crippen molar-refractivity contribution in [1.82, 2.24) is 10.2 Å². The monoisotopic (exact) mass is 442 g/mol. The van der Waals surface area contributed by atoms with E-state index in [1.165, 1.54) is 0 Å². The lowest BCUT2D eigenvalue weighted by Crippen LogP contribution is -2.54. The molecule has 0 aliphatic carbocycles. The zero-order chi connectivity index (χ0) is 22.2. The first-order valence-electron chi connectivity index (χ1n) is 11.0. The van der Waals surface area contributed by atoms with Crippen LogP contribution in [0.15, 0.2) is 24.3 Å². The van der Waals surface area contributed by atoms with E-state index in [0.29, 0.717) is 17.2 Å². The van der Waals surface area contributed by atoms with Crippen molar-refractivity contribution < 1.29 is 28.4 Å². The summed E-state index contributed by atoms with van der Waals surface area (Å²) >= 11 is 0. The first-order valence-corrected chi connectivity index (χ1v) is 11.0. The molecule has 0 radical (unpaired) electrons. The fourth-order valence-electron chi connectivity index (χ4n) is 5.08. The number of methoxy groups -OCH3 is 3. The van der Waals surface area contributed by atoms with Gasteiger partial charge in [0.1, 0.15) is 5.75 Å². The normalized spacial score (nSPS) is 24.4. The van der Waals surface area contributed by atoms with Crippen molar-refractivity contribution in [2.24, 2.45) is 5.92 Å². The first-order chi connectivity index (χ1) is 15.6. The van der Waals surface area contributed by atoms with E-state index in [0.717, 1.165) is 54.6 Å². The van der Waals surface area contributed by atoms with E-state index in [1.54, 1.807) is 21.3 Å². The second-order valence-electron chi connectivity index (χ2n) is 8.33. The molecule has 0 saturated carbocycles. The van der Waals surface area contributed by atoms with Crippen LogP contribution in [0.25, 0.3) is 0 Å². The van der Waals surface area contributed by atoms with Crippen LogP contribution < -0.4 is 33.7 Å². The van der Waals surface area contributed by atoms with Crippen molar-refractivity contribution in [2.45, 2.75) is 19.1 Å². The number of rotatable bonds is 5. The minimum absolute atomic E-state index is 0.0434. The van der Waals surface area contributed by atoms with Gasteiger partial charge in [0, 0.05) is 49.6 Å². The van der Waals surface area contributed by atoms with Crippen molar-refractivity contribution >= 4 is 0 Å². The van der Waals surface area contributed by atoms with Gasteiger partial charge in [-0.15, -0.1) is 0 Å². The number of nitrogens with one attached hydrogen (secondary N) is 1. The molecule has 1 fully saturated rings. The van der Waals surface area contributed by atoms with Gasteiger partial charge >= 0.3 is 0 Å². The van der Waals surface area contributed by atoms with Gasteiger partial charge in [-0.1, -0.05) is 6.92 Å². The second kappa shape index (κ2) is 8.60. The zero-order valence-electron chi connectivity index (χ0n) is 19.0. The maximum atomic E-state index is 6.59. The Balaban J connectivity index is 1.64. The van der Waals surface area contributed by atoms with Gasteiger partial charge in [0.15, 0.2) is 29.2 Å². The fraction of sp³-hybridized carbons (Fsp3) is 0.500. The average molecular weight is 443 g/mol. The maximum absolute atomic E-state index is 6.59. The molecule has 3 aliphatic heterocycles. The van der Waals surface area contributed by atoms with Gasteiger partial charge in [-0.3, -0.25) is 4.90 Å². The molecule has 0 unspecified atom stereocenters. The van der Waals surface area contributed by atoms with E-state index in [2.05, 4.69) is 23.2 Å². The standard InChI is InChI=1S/C24H30N2O6/c1-14-22(15-9-20(27-2)23(29-4)21(10-15)28-3)16-11-18-19(31-13-30-18)12-17(16)32-24(14)26-7-5-25-6-8-26/h9-12,14,22,24-25H,5-8,13H2,1-4H3/t14-,22+,24-/m0/s1. The topological polar surface area (TPSA) is 70.7 Å². The highest BCUT2D eigenvalue weighted by atomic mass is 16.7. The molecule has 3 heterocycles. The van der Waals surface area contributed by atoms with Crippen LogP contribution in [0.4, 0.5) is 0 Å². The van der Waals surface area contributed by atoms with Crippen LogP contribution in [0.5, 0.6) is 34.5 Å². The molecule has 5 rings (SSSR count). The Kier molecular flexibility index (Phi) is 5.65. The predicted octanol–water partition coefficient (Wildman–Crippen LogP) is 2.83. The van der Waals surface area contributed by atoms with Crippen molar-refractivity contribution in [2.75, 3.05) is 54.3 Å². The number of hydrogen-bond donors (Lipinski definition) is 1. The van der Waals surface area contributed by atoms with E-state index in [9.17, 15) is 0 Å². The van der Waals surface area contributed by atoms with Crippen LogP contribution in [0.1, 0.15) is 24.0 Å². The van der Waals surface area contributed by atoms with Crippen LogP contribution >= 0.6 is 0 Å². The van der Waals surface area contributed by atoms with E-state index >= 15 is 0 Å². The molecular formula is C24H30N2O6. The molecule has 3 atom stereocenters. The van der Waals surface area contributed by atoms with Gasteiger partial charge in [0.25, 0.3) is 0 Å². The number of ether oxygens (including phenoxy) is 6. The molecule has 172 valence electrons. The van der Waals surface area contributed by atoms with Crippen LogP contribution in [0.2, 0.25) is 0 Å². The van der Waals surface area contributed by atoms with Gasteiger partial charge < -0.3 is 33.7 Å². The molecule has 32 heavy (non-hydrogen) atoms. The average Bonchev–Trinajstić information content (AvgIpc) is 3.29. The molecular weight excluding hydrogens is 412 g/mol. The number of nitrogens with zero attached hydrogens (tertiary/aromatic N) is 1. The highest BCUT2D eigenvalue weighted by molar-refractivity contribution is 5.60. The Hall–Kier alpha value is -2.84. The summed E-state index contributed by atoms with van der Waals surface area (Å²) < 4.78 is 34.8. The summed E-state index contributed by atoms with van der Waals surface area (Å²) in [6.45, 7) is 6.26. The minimum atomic E-state index is -0.0611. The molecule has 2 aromatic carbocycles. The largest absolute Gasteiger partial charge is 0.493 e. The van der Waals surface area contributed by atoms with Gasteiger partial charge in [0.2, 0.25) is 12.5 Å². The van der Waals surface area contributed by atoms with Crippen LogP contribution in [0.3, 0.4) is 0 Å². The SMILES string of the molecule is COc1cc([C@@H]2c3cc4c(cc3O[C@H](N3CCNCC3)[C@H]2C)OCO4)cc(OC)c1OC. The number of piperazine rings is 1. The third kappa shape index (κ3) is 3.47. The van der Waals surface area contributed by atoms with Crippen molar-refractivity contribution in [3.63, 3.8) is 0 Å². The highest BCUT2D eigenvalue weighted by Gasteiger charge is 2.41. The summed E-state index contributed by atoms with van der Waals surface area (Å²) in [4.78, 5) is 2.42. The minimum Gasteiger partial charge on any atom is -0.493 e. The Labute approximate surface area is 188 Å². The lowest BCUT2D eigenvalue weighted by atomic mass is 9.77. The van der Waals surface area contributed by atoms with Crippen LogP contribution in [-0.4, -0.2) is 65.4 Å². The Morgan fingerprint density at radius 1 is 0.875 bits per heavy atom. The van der Waals surface area contributed by atoms with E-state index in [4.69, 9.17) is 28.4 Å². The van der Waals surface area contributed by atoms with Crippen LogP contribution in [-0.2, 0) is 0 Å². The molecule has 0 amide bonds. The third-order valence-electron chi connectivity index (χ3n) is 6.62. The molecule has 0 aromatic heterocycles. The quantitative estimate of drug-likeness (QED) is 0.758. The summed E-state index contributed by atoms with van der Waals surface area (Å²) in [7, 11) is 4.90. The van der Waals surface area contributed by atoms with Crippen molar-refractivity contribution in [3.8, 4) is 34.5 Å². The second-order valence-corrected chi connectivity index (χ2v) is 8.33. The molecule has 1 N–H and O–H groups in total. The molecule has 0 spiro atoms. The lowest BCUT2D eigenvalue weighted by molar-refractivity contribution is -0.0368. The van der Waals surface area contributed by atoms with Gasteiger partial charge in [-0.2, -0.15) is 0 Å². The molecule has 0 bridgehead atoms. The molecule has 3 aliphatic rings. The number of hydrogen-bond acceptors (Lipinski definition) is 8. The van der Waals surface area contributed by atoms with E-state index in [-0.39, 0.29) is 24.9 Å². The maximum Gasteiger partial charge on any atom is 0.231 e. The summed E-state index contributed by atoms with van der Waals surface area (Å²) in [5.41, 5.74) is 2.15. The van der Waals surface area contributed by atoms with Crippen LogP contribution in [0, 0.1) is 5.92 Å². The summed E-state index contributed by atoms with van der Waals surface area (Å²) in [5.74, 6) is 4.38. The smallest absolute Gasteiger partial charge is 0.231 e. The van der Waals surface area contributed by atoms with Crippen molar-refractivity contribution in [3.05, 3.63) is 35.4 Å². The van der Waals surface area contributed by atoms with Gasteiger partial charge in [-0.05, 0) is 23.8 Å². The summed E-state index contributed by atoms with van der Waals surface area (Å²) in [6.07, 6.45) is -0.0611. The molecule has 8 heteroatoms. The van der Waals surface area contributed by atoms with E-state index in [1.807, 2.05) is 18.2 Å².